The molecule has 1 aliphatic rings. The van der Waals surface area contributed by atoms with Crippen LogP contribution in [0.5, 0.6) is 0 Å². The Morgan fingerprint density at radius 1 is 1.62 bits per heavy atom. The van der Waals surface area contributed by atoms with Gasteiger partial charge in [-0.2, -0.15) is 0 Å². The van der Waals surface area contributed by atoms with E-state index in [2.05, 4.69) is 10.3 Å². The second kappa shape index (κ2) is 4.94. The van der Waals surface area contributed by atoms with E-state index >= 15 is 0 Å². The van der Waals surface area contributed by atoms with Crippen LogP contribution in [0.3, 0.4) is 0 Å². The summed E-state index contributed by atoms with van der Waals surface area (Å²) in [6, 6.07) is 3.22. The third-order valence-electron chi connectivity index (χ3n) is 2.60. The first-order chi connectivity index (χ1) is 7.75. The molecule has 0 spiro atoms. The number of aromatic nitrogens is 1. The van der Waals surface area contributed by atoms with E-state index in [0.29, 0.717) is 5.92 Å². The van der Waals surface area contributed by atoms with Gasteiger partial charge in [0.25, 0.3) is 0 Å². The Kier molecular flexibility index (Phi) is 3.36. The minimum Gasteiger partial charge on any atom is -0.477 e. The number of carboxylic acid groups (broad SMARTS) is 1. The lowest BCUT2D eigenvalue weighted by Gasteiger charge is -2.10. The number of carboxylic acids is 1. The van der Waals surface area contributed by atoms with Crippen LogP contribution in [0.1, 0.15) is 16.9 Å². The largest absolute Gasteiger partial charge is 0.477 e. The Balaban J connectivity index is 1.87. The molecule has 0 aliphatic carbocycles. The Labute approximate surface area is 93.5 Å². The van der Waals surface area contributed by atoms with Gasteiger partial charge < -0.3 is 15.2 Å². The number of hydrogen-bond donors (Lipinski definition) is 2. The van der Waals surface area contributed by atoms with E-state index in [1.165, 1.54) is 6.07 Å². The van der Waals surface area contributed by atoms with Crippen LogP contribution in [0.4, 0.5) is 5.69 Å². The van der Waals surface area contributed by atoms with E-state index in [1.54, 1.807) is 12.3 Å². The second-order valence-corrected chi connectivity index (χ2v) is 3.85. The fourth-order valence-electron chi connectivity index (χ4n) is 1.63. The highest BCUT2D eigenvalue weighted by molar-refractivity contribution is 5.85. The maximum atomic E-state index is 10.6. The summed E-state index contributed by atoms with van der Waals surface area (Å²) < 4.78 is 5.26. The third-order valence-corrected chi connectivity index (χ3v) is 2.60. The molecule has 2 rings (SSSR count). The number of anilines is 1. The number of nitrogens with zero attached hydrogens (tertiary/aromatic N) is 1. The molecule has 0 bridgehead atoms. The summed E-state index contributed by atoms with van der Waals surface area (Å²) >= 11 is 0. The average molecular weight is 222 g/mol. The monoisotopic (exact) mass is 222 g/mol. The Morgan fingerprint density at radius 2 is 2.50 bits per heavy atom. The van der Waals surface area contributed by atoms with Crippen molar-refractivity contribution in [2.45, 2.75) is 6.42 Å². The SMILES string of the molecule is O=C(O)c1ccc(NCC2CCOC2)cn1. The van der Waals surface area contributed by atoms with E-state index in [1.807, 2.05) is 0 Å². The lowest BCUT2D eigenvalue weighted by molar-refractivity contribution is 0.0690. The summed E-state index contributed by atoms with van der Waals surface area (Å²) in [6.07, 6.45) is 2.62. The summed E-state index contributed by atoms with van der Waals surface area (Å²) in [6.45, 7) is 2.48. The van der Waals surface area contributed by atoms with Crippen LogP contribution in [0, 0.1) is 5.92 Å². The number of carbonyl (C=O) groups is 1. The maximum absolute atomic E-state index is 10.6. The highest BCUT2D eigenvalue weighted by Crippen LogP contribution is 2.14. The molecule has 5 nitrogen and oxygen atoms in total. The van der Waals surface area contributed by atoms with E-state index in [9.17, 15) is 4.79 Å². The molecule has 0 amide bonds. The molecule has 5 heteroatoms. The molecule has 16 heavy (non-hydrogen) atoms. The lowest BCUT2D eigenvalue weighted by Crippen LogP contribution is -2.14. The molecule has 1 fully saturated rings. The number of hydrogen-bond acceptors (Lipinski definition) is 4. The van der Waals surface area contributed by atoms with Gasteiger partial charge in [0.1, 0.15) is 5.69 Å². The highest BCUT2D eigenvalue weighted by atomic mass is 16.5. The number of pyridine rings is 1. The molecule has 86 valence electrons. The minimum absolute atomic E-state index is 0.0646. The Bertz CT molecular complexity index is 358. The average Bonchev–Trinajstić information content (AvgIpc) is 2.80. The third kappa shape index (κ3) is 2.70. The normalized spacial score (nSPS) is 19.6. The van der Waals surface area contributed by atoms with E-state index < -0.39 is 5.97 Å². The van der Waals surface area contributed by atoms with Gasteiger partial charge >= 0.3 is 5.97 Å². The van der Waals surface area contributed by atoms with Crippen molar-refractivity contribution in [3.05, 3.63) is 24.0 Å². The van der Waals surface area contributed by atoms with Gasteiger partial charge in [0, 0.05) is 19.1 Å². The summed E-state index contributed by atoms with van der Waals surface area (Å²) in [5.41, 5.74) is 0.909. The molecule has 0 saturated carbocycles. The Hall–Kier alpha value is -1.62. The smallest absolute Gasteiger partial charge is 0.354 e. The molecule has 1 saturated heterocycles. The zero-order valence-electron chi connectivity index (χ0n) is 8.85. The predicted molar refractivity (Wildman–Crippen MR) is 58.6 cm³/mol. The van der Waals surface area contributed by atoms with Crippen molar-refractivity contribution < 1.29 is 14.6 Å². The van der Waals surface area contributed by atoms with Crippen molar-refractivity contribution in [2.75, 3.05) is 25.1 Å². The minimum atomic E-state index is -1.00. The van der Waals surface area contributed by atoms with Crippen LogP contribution in [0.25, 0.3) is 0 Å². The molecule has 1 aromatic heterocycles. The maximum Gasteiger partial charge on any atom is 0.354 e. The van der Waals surface area contributed by atoms with Crippen molar-refractivity contribution in [2.24, 2.45) is 5.92 Å². The quantitative estimate of drug-likeness (QED) is 0.801. The molecule has 2 N–H and O–H groups in total. The van der Waals surface area contributed by atoms with Gasteiger partial charge in [0.2, 0.25) is 0 Å². The zero-order chi connectivity index (χ0) is 11.4. The van der Waals surface area contributed by atoms with Gasteiger partial charge in [-0.1, -0.05) is 0 Å². The van der Waals surface area contributed by atoms with E-state index in [0.717, 1.165) is 31.9 Å². The fourth-order valence-corrected chi connectivity index (χ4v) is 1.63. The van der Waals surface area contributed by atoms with Crippen molar-refractivity contribution in [1.82, 2.24) is 4.98 Å². The zero-order valence-corrected chi connectivity index (χ0v) is 8.85. The number of nitrogens with one attached hydrogen (secondary N) is 1. The summed E-state index contributed by atoms with van der Waals surface area (Å²) in [5.74, 6) is -0.463. The molecule has 0 radical (unpaired) electrons. The van der Waals surface area contributed by atoms with Crippen molar-refractivity contribution in [3.8, 4) is 0 Å². The van der Waals surface area contributed by atoms with Gasteiger partial charge in [-0.15, -0.1) is 0 Å². The molecule has 2 heterocycles. The van der Waals surface area contributed by atoms with Crippen LogP contribution in [-0.4, -0.2) is 35.8 Å². The number of rotatable bonds is 4. The Morgan fingerprint density at radius 3 is 3.06 bits per heavy atom. The topological polar surface area (TPSA) is 71.5 Å². The van der Waals surface area contributed by atoms with Crippen LogP contribution in [0.2, 0.25) is 0 Å². The van der Waals surface area contributed by atoms with Crippen LogP contribution < -0.4 is 5.32 Å². The standard InChI is InChI=1S/C11H14N2O3/c14-11(15)10-2-1-9(6-13-10)12-5-8-3-4-16-7-8/h1-2,6,8,12H,3-5,7H2,(H,14,15). The van der Waals surface area contributed by atoms with Crippen molar-refractivity contribution in [3.63, 3.8) is 0 Å². The van der Waals surface area contributed by atoms with Crippen molar-refractivity contribution >= 4 is 11.7 Å². The van der Waals surface area contributed by atoms with Gasteiger partial charge in [-0.25, -0.2) is 9.78 Å². The first kappa shape index (κ1) is 10.9. The van der Waals surface area contributed by atoms with Crippen molar-refractivity contribution in [1.29, 1.82) is 0 Å². The van der Waals surface area contributed by atoms with Gasteiger partial charge in [-0.05, 0) is 18.6 Å². The molecular weight excluding hydrogens is 208 g/mol. The number of ether oxygens (including phenoxy) is 1. The highest BCUT2D eigenvalue weighted by Gasteiger charge is 2.15. The van der Waals surface area contributed by atoms with Crippen LogP contribution in [-0.2, 0) is 4.74 Å². The summed E-state index contributed by atoms with van der Waals surface area (Å²) in [7, 11) is 0. The first-order valence-electron chi connectivity index (χ1n) is 5.26. The molecule has 1 atom stereocenters. The van der Waals surface area contributed by atoms with E-state index in [4.69, 9.17) is 9.84 Å². The van der Waals surface area contributed by atoms with E-state index in [-0.39, 0.29) is 5.69 Å². The summed E-state index contributed by atoms with van der Waals surface area (Å²) in [5, 5.41) is 11.9. The molecule has 1 aliphatic heterocycles. The summed E-state index contributed by atoms with van der Waals surface area (Å²) in [4.78, 5) is 14.4. The second-order valence-electron chi connectivity index (χ2n) is 3.85. The van der Waals surface area contributed by atoms with Gasteiger partial charge in [0.15, 0.2) is 0 Å². The fraction of sp³-hybridized carbons (Fsp3) is 0.455. The lowest BCUT2D eigenvalue weighted by atomic mass is 10.1. The molecule has 1 aromatic rings. The molecule has 0 aromatic carbocycles. The van der Waals surface area contributed by atoms with Crippen LogP contribution in [0.15, 0.2) is 18.3 Å². The van der Waals surface area contributed by atoms with Gasteiger partial charge in [0.05, 0.1) is 18.5 Å². The molecular formula is C11H14N2O3. The van der Waals surface area contributed by atoms with Gasteiger partial charge in [-0.3, -0.25) is 0 Å². The number of aromatic carboxylic acids is 1. The first-order valence-corrected chi connectivity index (χ1v) is 5.26. The predicted octanol–water partition coefficient (Wildman–Crippen LogP) is 1.23. The van der Waals surface area contributed by atoms with Crippen LogP contribution >= 0.6 is 0 Å². The molecule has 1 unspecified atom stereocenters.